The van der Waals surface area contributed by atoms with E-state index in [2.05, 4.69) is 17.1 Å². The van der Waals surface area contributed by atoms with E-state index in [-0.39, 0.29) is 0 Å². The van der Waals surface area contributed by atoms with Gasteiger partial charge in [0, 0.05) is 17.7 Å². The second kappa shape index (κ2) is 6.80. The Balaban J connectivity index is 1.78. The summed E-state index contributed by atoms with van der Waals surface area (Å²) >= 11 is 2.09. The van der Waals surface area contributed by atoms with Crippen molar-refractivity contribution in [3.63, 3.8) is 0 Å². The van der Waals surface area contributed by atoms with Crippen molar-refractivity contribution in [2.75, 3.05) is 11.6 Å². The largest absolute Gasteiger partial charge is 0.304 e. The van der Waals surface area contributed by atoms with Gasteiger partial charge < -0.3 is 5.32 Å². The van der Waals surface area contributed by atoms with E-state index < -0.39 is 0 Å². The molecule has 1 nitrogen and oxygen atoms in total. The molecular weight excluding hydrogens is 202 g/mol. The molecule has 1 heterocycles. The van der Waals surface area contributed by atoms with E-state index in [1.807, 2.05) is 0 Å². The maximum Gasteiger partial charge on any atom is 0.0420 e. The Morgan fingerprint density at radius 2 is 1.40 bits per heavy atom. The van der Waals surface area contributed by atoms with Crippen LogP contribution in [0.3, 0.4) is 0 Å². The molecule has 0 amide bonds. The maximum absolute atomic E-state index is 3.67. The summed E-state index contributed by atoms with van der Waals surface area (Å²) in [5.41, 5.74) is 0. The van der Waals surface area contributed by atoms with Crippen LogP contribution in [0.25, 0.3) is 0 Å². The topological polar surface area (TPSA) is 12.0 Å². The van der Waals surface area contributed by atoms with Crippen molar-refractivity contribution in [2.45, 2.75) is 63.8 Å². The fraction of sp³-hybridized carbons (Fsp3) is 1.00. The Bertz CT molecular complexity index is 156. The number of nitrogens with one attached hydrogen (secondary N) is 1. The minimum atomic E-state index is 0.842. The average Bonchev–Trinajstić information content (AvgIpc) is 2.79. The summed E-state index contributed by atoms with van der Waals surface area (Å²) in [6.45, 7) is 0. The summed E-state index contributed by atoms with van der Waals surface area (Å²) in [4.78, 5) is 0. The maximum atomic E-state index is 3.67. The second-order valence-corrected chi connectivity index (χ2v) is 6.17. The predicted molar refractivity (Wildman–Crippen MR) is 69.3 cm³/mol. The van der Waals surface area contributed by atoms with Gasteiger partial charge in [0.2, 0.25) is 0 Å². The summed E-state index contributed by atoms with van der Waals surface area (Å²) in [6.07, 6.45) is 13.4. The molecule has 0 bridgehead atoms. The molecule has 2 rings (SSSR count). The molecule has 0 aromatic carbocycles. The highest BCUT2D eigenvalue weighted by atomic mass is 32.2. The van der Waals surface area contributed by atoms with Crippen LogP contribution in [-0.2, 0) is 0 Å². The van der Waals surface area contributed by atoms with Crippen molar-refractivity contribution in [1.82, 2.24) is 5.32 Å². The molecular formula is C13H25NS. The quantitative estimate of drug-likeness (QED) is 0.731. The summed E-state index contributed by atoms with van der Waals surface area (Å²) in [5.74, 6) is 3.55. The SMILES string of the molecule is C1CCCCC(C2CSCN2)CCCC1. The number of rotatable bonds is 1. The first-order valence-corrected chi connectivity index (χ1v) is 7.93. The van der Waals surface area contributed by atoms with Gasteiger partial charge in [-0.25, -0.2) is 0 Å². The molecule has 2 heteroatoms. The van der Waals surface area contributed by atoms with Crippen molar-refractivity contribution in [3.8, 4) is 0 Å². The fourth-order valence-electron chi connectivity index (χ4n) is 2.96. The Morgan fingerprint density at radius 3 is 1.93 bits per heavy atom. The van der Waals surface area contributed by atoms with Gasteiger partial charge in [-0.3, -0.25) is 0 Å². The molecule has 2 aliphatic rings. The van der Waals surface area contributed by atoms with E-state index in [0.29, 0.717) is 0 Å². The third-order valence-electron chi connectivity index (χ3n) is 3.96. The van der Waals surface area contributed by atoms with Crippen molar-refractivity contribution in [2.24, 2.45) is 5.92 Å². The molecule has 0 spiro atoms. The van der Waals surface area contributed by atoms with E-state index in [1.54, 1.807) is 0 Å². The molecule has 1 aliphatic carbocycles. The highest BCUT2D eigenvalue weighted by Gasteiger charge is 2.24. The average molecular weight is 227 g/mol. The lowest BCUT2D eigenvalue weighted by atomic mass is 9.87. The van der Waals surface area contributed by atoms with Gasteiger partial charge in [0.15, 0.2) is 0 Å². The minimum Gasteiger partial charge on any atom is -0.304 e. The third-order valence-corrected chi connectivity index (χ3v) is 4.93. The van der Waals surface area contributed by atoms with E-state index >= 15 is 0 Å². The van der Waals surface area contributed by atoms with Crippen LogP contribution >= 0.6 is 11.8 Å². The fourth-order valence-corrected chi connectivity index (χ4v) is 4.05. The standard InChI is InChI=1S/C13H25NS/c1-2-4-6-8-12(9-7-5-3-1)13-10-15-11-14-13/h12-14H,1-11H2. The Morgan fingerprint density at radius 1 is 0.800 bits per heavy atom. The molecule has 1 atom stereocenters. The van der Waals surface area contributed by atoms with Crippen LogP contribution < -0.4 is 5.32 Å². The monoisotopic (exact) mass is 227 g/mol. The Hall–Kier alpha value is 0.310. The van der Waals surface area contributed by atoms with Crippen LogP contribution in [0.4, 0.5) is 0 Å². The molecule has 1 saturated heterocycles. The van der Waals surface area contributed by atoms with Gasteiger partial charge in [0.05, 0.1) is 0 Å². The second-order valence-electron chi connectivity index (χ2n) is 5.14. The van der Waals surface area contributed by atoms with Gasteiger partial charge in [0.25, 0.3) is 0 Å². The normalized spacial score (nSPS) is 31.6. The van der Waals surface area contributed by atoms with Crippen LogP contribution in [0, 0.1) is 5.92 Å². The smallest absolute Gasteiger partial charge is 0.0420 e. The van der Waals surface area contributed by atoms with E-state index in [0.717, 1.165) is 12.0 Å². The first kappa shape index (κ1) is 11.8. The highest BCUT2D eigenvalue weighted by molar-refractivity contribution is 7.99. The Labute approximate surface area is 98.8 Å². The van der Waals surface area contributed by atoms with Gasteiger partial charge in [0.1, 0.15) is 0 Å². The molecule has 1 saturated carbocycles. The van der Waals surface area contributed by atoms with Crippen LogP contribution in [-0.4, -0.2) is 17.7 Å². The third kappa shape index (κ3) is 3.99. The van der Waals surface area contributed by atoms with Crippen LogP contribution in [0.15, 0.2) is 0 Å². The summed E-state index contributed by atoms with van der Waals surface area (Å²) in [6, 6.07) is 0.842. The van der Waals surface area contributed by atoms with Gasteiger partial charge in [-0.05, 0) is 18.8 Å². The van der Waals surface area contributed by atoms with Crippen LogP contribution in [0.5, 0.6) is 0 Å². The van der Waals surface area contributed by atoms with Crippen molar-refractivity contribution in [1.29, 1.82) is 0 Å². The van der Waals surface area contributed by atoms with Crippen molar-refractivity contribution >= 4 is 11.8 Å². The van der Waals surface area contributed by atoms with Crippen molar-refractivity contribution < 1.29 is 0 Å². The van der Waals surface area contributed by atoms with E-state index in [1.165, 1.54) is 69.4 Å². The van der Waals surface area contributed by atoms with E-state index in [9.17, 15) is 0 Å². The lowest BCUT2D eigenvalue weighted by Crippen LogP contribution is -2.32. The molecule has 2 fully saturated rings. The first-order valence-electron chi connectivity index (χ1n) is 6.78. The van der Waals surface area contributed by atoms with Crippen molar-refractivity contribution in [3.05, 3.63) is 0 Å². The first-order chi connectivity index (χ1) is 7.47. The van der Waals surface area contributed by atoms with E-state index in [4.69, 9.17) is 0 Å². The molecule has 0 radical (unpaired) electrons. The Kier molecular flexibility index (Phi) is 5.34. The summed E-state index contributed by atoms with van der Waals surface area (Å²) < 4.78 is 0. The molecule has 1 N–H and O–H groups in total. The lowest BCUT2D eigenvalue weighted by Gasteiger charge is -2.24. The minimum absolute atomic E-state index is 0.842. The molecule has 0 aromatic heterocycles. The number of hydrogen-bond donors (Lipinski definition) is 1. The molecule has 1 aliphatic heterocycles. The van der Waals surface area contributed by atoms with Gasteiger partial charge >= 0.3 is 0 Å². The van der Waals surface area contributed by atoms with Gasteiger partial charge in [-0.2, -0.15) is 0 Å². The number of hydrogen-bond acceptors (Lipinski definition) is 2. The zero-order valence-electron chi connectivity index (χ0n) is 9.84. The highest BCUT2D eigenvalue weighted by Crippen LogP contribution is 2.27. The summed E-state index contributed by atoms with van der Waals surface area (Å²) in [5, 5.41) is 3.67. The molecule has 0 aromatic rings. The lowest BCUT2D eigenvalue weighted by molar-refractivity contribution is 0.325. The molecule has 88 valence electrons. The molecule has 15 heavy (non-hydrogen) atoms. The summed E-state index contributed by atoms with van der Waals surface area (Å²) in [7, 11) is 0. The van der Waals surface area contributed by atoms with Gasteiger partial charge in [-0.1, -0.05) is 44.9 Å². The number of thioether (sulfide) groups is 1. The predicted octanol–water partition coefficient (Wildman–Crippen LogP) is 3.79. The zero-order valence-corrected chi connectivity index (χ0v) is 10.7. The van der Waals surface area contributed by atoms with Crippen LogP contribution in [0.1, 0.15) is 57.8 Å². The zero-order chi connectivity index (χ0) is 10.3. The van der Waals surface area contributed by atoms with Gasteiger partial charge in [-0.15, -0.1) is 11.8 Å². The van der Waals surface area contributed by atoms with Crippen LogP contribution in [0.2, 0.25) is 0 Å². The molecule has 1 unspecified atom stereocenters.